The van der Waals surface area contributed by atoms with E-state index in [4.69, 9.17) is 4.74 Å². The molecule has 132 valence electrons. The smallest absolute Gasteiger partial charge is 0.226 e. The number of hydrogen-bond acceptors (Lipinski definition) is 3. The maximum absolute atomic E-state index is 12.7. The summed E-state index contributed by atoms with van der Waals surface area (Å²) < 4.78 is 5.18. The summed E-state index contributed by atoms with van der Waals surface area (Å²) in [6, 6.07) is 8.19. The van der Waals surface area contributed by atoms with Gasteiger partial charge in [-0.15, -0.1) is 0 Å². The van der Waals surface area contributed by atoms with Crippen molar-refractivity contribution in [1.82, 2.24) is 9.80 Å². The molecule has 2 fully saturated rings. The van der Waals surface area contributed by atoms with E-state index in [1.807, 2.05) is 18.2 Å². The highest BCUT2D eigenvalue weighted by Crippen LogP contribution is 2.31. The van der Waals surface area contributed by atoms with Crippen LogP contribution in [0.1, 0.15) is 30.4 Å². The van der Waals surface area contributed by atoms with Crippen LogP contribution in [-0.2, 0) is 22.6 Å². The van der Waals surface area contributed by atoms with Crippen LogP contribution in [0.3, 0.4) is 0 Å². The quantitative estimate of drug-likeness (QED) is 0.832. The maximum atomic E-state index is 12.7. The molecule has 4 heteroatoms. The Labute approximate surface area is 145 Å². The Hall–Kier alpha value is -1.39. The second-order valence-corrected chi connectivity index (χ2v) is 7.46. The minimum Gasteiger partial charge on any atom is -0.380 e. The van der Waals surface area contributed by atoms with Crippen molar-refractivity contribution in [2.75, 3.05) is 40.3 Å². The highest BCUT2D eigenvalue weighted by Gasteiger charge is 2.33. The van der Waals surface area contributed by atoms with Gasteiger partial charge in [-0.25, -0.2) is 0 Å². The summed E-state index contributed by atoms with van der Waals surface area (Å²) in [6.07, 6.45) is 4.28. The van der Waals surface area contributed by atoms with Crippen molar-refractivity contribution in [1.29, 1.82) is 0 Å². The topological polar surface area (TPSA) is 32.8 Å². The number of ether oxygens (including phenoxy) is 1. The lowest BCUT2D eigenvalue weighted by molar-refractivity contribution is -0.129. The summed E-state index contributed by atoms with van der Waals surface area (Å²) in [5.41, 5.74) is 2.23. The predicted molar refractivity (Wildman–Crippen MR) is 95.8 cm³/mol. The summed E-state index contributed by atoms with van der Waals surface area (Å²) in [7, 11) is 3.91. The van der Waals surface area contributed by atoms with Crippen LogP contribution in [0.4, 0.5) is 0 Å². The van der Waals surface area contributed by atoms with Gasteiger partial charge in [-0.1, -0.05) is 24.3 Å². The van der Waals surface area contributed by atoms with Gasteiger partial charge in [-0.2, -0.15) is 0 Å². The molecule has 0 aliphatic carbocycles. The number of carbonyl (C=O) groups excluding carboxylic acids is 1. The highest BCUT2D eigenvalue weighted by atomic mass is 16.5. The molecule has 1 unspecified atom stereocenters. The molecule has 1 aromatic rings. The molecule has 0 aromatic heterocycles. The zero-order valence-corrected chi connectivity index (χ0v) is 15.0. The van der Waals surface area contributed by atoms with E-state index in [0.29, 0.717) is 18.9 Å². The molecule has 2 aliphatic heterocycles. The first kappa shape index (κ1) is 17.4. The predicted octanol–water partition coefficient (Wildman–Crippen LogP) is 2.57. The maximum Gasteiger partial charge on any atom is 0.226 e. The molecule has 0 saturated carbocycles. The number of hydrogen-bond donors (Lipinski definition) is 0. The van der Waals surface area contributed by atoms with E-state index in [0.717, 1.165) is 30.1 Å². The number of nitrogens with zero attached hydrogens (tertiary/aromatic N) is 2. The van der Waals surface area contributed by atoms with Crippen LogP contribution in [0.2, 0.25) is 0 Å². The van der Waals surface area contributed by atoms with E-state index in [2.05, 4.69) is 22.9 Å². The van der Waals surface area contributed by atoms with Gasteiger partial charge in [0.1, 0.15) is 0 Å². The Morgan fingerprint density at radius 3 is 2.58 bits per heavy atom. The molecule has 0 radical (unpaired) electrons. The van der Waals surface area contributed by atoms with E-state index < -0.39 is 0 Å². The molecule has 0 spiro atoms. The SMILES string of the molecule is COCc1cccc(CC(=O)N2CCC(C3CCN(C)CC3)C2)c1. The van der Waals surface area contributed by atoms with Gasteiger partial charge in [-0.3, -0.25) is 4.79 Å². The van der Waals surface area contributed by atoms with Crippen molar-refractivity contribution in [2.45, 2.75) is 32.3 Å². The summed E-state index contributed by atoms with van der Waals surface area (Å²) in [5, 5.41) is 0. The summed E-state index contributed by atoms with van der Waals surface area (Å²) >= 11 is 0. The molecule has 1 amide bonds. The standard InChI is InChI=1S/C20H30N2O2/c1-21-9-6-18(7-10-21)19-8-11-22(14-19)20(23)13-16-4-3-5-17(12-16)15-24-2/h3-5,12,18-19H,6-11,13-15H2,1-2H3. The van der Waals surface area contributed by atoms with E-state index in [1.54, 1.807) is 7.11 Å². The average molecular weight is 330 g/mol. The normalized spacial score (nSPS) is 22.9. The molecule has 2 aliphatic rings. The second kappa shape index (κ2) is 8.13. The third kappa shape index (κ3) is 4.37. The Morgan fingerprint density at radius 1 is 1.12 bits per heavy atom. The van der Waals surface area contributed by atoms with Gasteiger partial charge in [-0.05, 0) is 62.4 Å². The van der Waals surface area contributed by atoms with Crippen LogP contribution in [0.15, 0.2) is 24.3 Å². The van der Waals surface area contributed by atoms with Crippen LogP contribution in [0.5, 0.6) is 0 Å². The van der Waals surface area contributed by atoms with Crippen molar-refractivity contribution in [3.05, 3.63) is 35.4 Å². The van der Waals surface area contributed by atoms with Crippen LogP contribution in [0.25, 0.3) is 0 Å². The third-order valence-corrected chi connectivity index (χ3v) is 5.67. The molecular formula is C20H30N2O2. The van der Waals surface area contributed by atoms with Crippen molar-refractivity contribution in [2.24, 2.45) is 11.8 Å². The molecule has 0 N–H and O–H groups in total. The van der Waals surface area contributed by atoms with Gasteiger partial charge in [0.15, 0.2) is 0 Å². The van der Waals surface area contributed by atoms with E-state index in [9.17, 15) is 4.79 Å². The number of amides is 1. The Morgan fingerprint density at radius 2 is 1.83 bits per heavy atom. The number of piperidine rings is 1. The number of carbonyl (C=O) groups is 1. The van der Waals surface area contributed by atoms with Crippen LogP contribution in [0, 0.1) is 11.8 Å². The van der Waals surface area contributed by atoms with Crippen LogP contribution < -0.4 is 0 Å². The Kier molecular flexibility index (Phi) is 5.90. The first-order valence-corrected chi connectivity index (χ1v) is 9.19. The fourth-order valence-corrected chi connectivity index (χ4v) is 4.18. The Balaban J connectivity index is 1.52. The first-order chi connectivity index (χ1) is 11.7. The number of rotatable bonds is 5. The summed E-state index contributed by atoms with van der Waals surface area (Å²) in [6.45, 7) is 4.92. The molecule has 0 bridgehead atoms. The van der Waals surface area contributed by atoms with Gasteiger partial charge in [0.2, 0.25) is 5.91 Å². The van der Waals surface area contributed by atoms with Crippen molar-refractivity contribution in [3.8, 4) is 0 Å². The average Bonchev–Trinajstić information content (AvgIpc) is 3.06. The van der Waals surface area contributed by atoms with E-state index >= 15 is 0 Å². The van der Waals surface area contributed by atoms with Crippen molar-refractivity contribution < 1.29 is 9.53 Å². The van der Waals surface area contributed by atoms with Gasteiger partial charge in [0.25, 0.3) is 0 Å². The van der Waals surface area contributed by atoms with Gasteiger partial charge >= 0.3 is 0 Å². The lowest BCUT2D eigenvalue weighted by Crippen LogP contribution is -2.35. The second-order valence-electron chi connectivity index (χ2n) is 7.46. The molecule has 3 rings (SSSR count). The van der Waals surface area contributed by atoms with Crippen LogP contribution >= 0.6 is 0 Å². The molecule has 1 atom stereocenters. The lowest BCUT2D eigenvalue weighted by Gasteiger charge is -2.32. The molecule has 24 heavy (non-hydrogen) atoms. The van der Waals surface area contributed by atoms with Gasteiger partial charge in [0.05, 0.1) is 13.0 Å². The third-order valence-electron chi connectivity index (χ3n) is 5.67. The number of methoxy groups -OCH3 is 1. The van der Waals surface area contributed by atoms with Crippen molar-refractivity contribution in [3.63, 3.8) is 0 Å². The van der Waals surface area contributed by atoms with Crippen LogP contribution in [-0.4, -0.2) is 56.0 Å². The highest BCUT2D eigenvalue weighted by molar-refractivity contribution is 5.79. The zero-order chi connectivity index (χ0) is 16.9. The van der Waals surface area contributed by atoms with Gasteiger partial charge in [0, 0.05) is 20.2 Å². The summed E-state index contributed by atoms with van der Waals surface area (Å²) in [4.78, 5) is 17.2. The fourth-order valence-electron chi connectivity index (χ4n) is 4.18. The fraction of sp³-hybridized carbons (Fsp3) is 0.650. The number of likely N-dealkylation sites (tertiary alicyclic amines) is 2. The first-order valence-electron chi connectivity index (χ1n) is 9.19. The zero-order valence-electron chi connectivity index (χ0n) is 15.0. The lowest BCUT2D eigenvalue weighted by atomic mass is 9.84. The molecule has 2 saturated heterocycles. The Bertz CT molecular complexity index is 552. The molecule has 4 nitrogen and oxygen atoms in total. The minimum atomic E-state index is 0.278. The number of benzene rings is 1. The van der Waals surface area contributed by atoms with Crippen molar-refractivity contribution >= 4 is 5.91 Å². The van der Waals surface area contributed by atoms with Gasteiger partial charge < -0.3 is 14.5 Å². The summed E-state index contributed by atoms with van der Waals surface area (Å²) in [5.74, 6) is 1.80. The minimum absolute atomic E-state index is 0.278. The monoisotopic (exact) mass is 330 g/mol. The largest absolute Gasteiger partial charge is 0.380 e. The van der Waals surface area contributed by atoms with E-state index in [1.165, 1.54) is 32.4 Å². The molecular weight excluding hydrogens is 300 g/mol. The van der Waals surface area contributed by atoms with E-state index in [-0.39, 0.29) is 5.91 Å². The molecule has 1 aromatic carbocycles. The molecule has 2 heterocycles.